The monoisotopic (exact) mass is 292 g/mol. The molecule has 1 aromatic rings. The van der Waals surface area contributed by atoms with Crippen molar-refractivity contribution in [2.24, 2.45) is 11.8 Å². The predicted octanol–water partition coefficient (Wildman–Crippen LogP) is 3.80. The van der Waals surface area contributed by atoms with Crippen molar-refractivity contribution in [3.63, 3.8) is 0 Å². The highest BCUT2D eigenvalue weighted by Crippen LogP contribution is 2.20. The van der Waals surface area contributed by atoms with Crippen molar-refractivity contribution >= 4 is 0 Å². The number of halogens is 1. The third-order valence-electron chi connectivity index (χ3n) is 4.13. The fourth-order valence-electron chi connectivity index (χ4n) is 3.04. The molecule has 1 fully saturated rings. The molecular weight excluding hydrogens is 263 g/mol. The Morgan fingerprint density at radius 3 is 2.90 bits per heavy atom. The summed E-state index contributed by atoms with van der Waals surface area (Å²) in [4.78, 5) is 2.39. The average Bonchev–Trinajstić information content (AvgIpc) is 2.42. The summed E-state index contributed by atoms with van der Waals surface area (Å²) in [6.45, 7) is 11.4. The van der Waals surface area contributed by atoms with E-state index in [1.807, 2.05) is 12.1 Å². The number of benzene rings is 1. The van der Waals surface area contributed by atoms with Gasteiger partial charge in [-0.15, -0.1) is 0 Å². The van der Waals surface area contributed by atoms with E-state index in [1.54, 1.807) is 6.07 Å². The molecule has 1 unspecified atom stereocenters. The van der Waals surface area contributed by atoms with Crippen LogP contribution in [0, 0.1) is 17.7 Å². The second kappa shape index (κ2) is 7.90. The highest BCUT2D eigenvalue weighted by Gasteiger charge is 2.17. The zero-order valence-electron chi connectivity index (χ0n) is 13.7. The third-order valence-corrected chi connectivity index (χ3v) is 4.13. The highest BCUT2D eigenvalue weighted by molar-refractivity contribution is 5.25. The fourth-order valence-corrected chi connectivity index (χ4v) is 3.04. The van der Waals surface area contributed by atoms with Crippen LogP contribution in [0.2, 0.25) is 0 Å². The van der Waals surface area contributed by atoms with Crippen LogP contribution < -0.4 is 5.32 Å². The topological polar surface area (TPSA) is 15.3 Å². The molecule has 2 rings (SSSR count). The molecule has 0 amide bonds. The number of nitrogens with one attached hydrogen (secondary N) is 1. The molecule has 1 heterocycles. The standard InChI is InChI=1S/C18H29FN2/c1-14(2)10-20-11-16-6-7-18(19)17(9-16)13-21-8-4-5-15(3)12-21/h6-7,9,14-15,20H,4-5,8,10-13H2,1-3H3. The van der Waals surface area contributed by atoms with Crippen LogP contribution in [0.25, 0.3) is 0 Å². The maximum atomic E-state index is 14.0. The van der Waals surface area contributed by atoms with Crippen LogP contribution in [0.1, 0.15) is 44.7 Å². The average molecular weight is 292 g/mol. The van der Waals surface area contributed by atoms with Gasteiger partial charge in [0.25, 0.3) is 0 Å². The molecule has 0 radical (unpaired) electrons. The van der Waals surface area contributed by atoms with Crippen molar-refractivity contribution in [3.8, 4) is 0 Å². The minimum absolute atomic E-state index is 0.0687. The Hall–Kier alpha value is -0.930. The lowest BCUT2D eigenvalue weighted by Crippen LogP contribution is -2.34. The van der Waals surface area contributed by atoms with E-state index in [0.29, 0.717) is 5.92 Å². The van der Waals surface area contributed by atoms with Gasteiger partial charge in [0.05, 0.1) is 0 Å². The quantitative estimate of drug-likeness (QED) is 0.858. The summed E-state index contributed by atoms with van der Waals surface area (Å²) in [7, 11) is 0. The molecule has 118 valence electrons. The Bertz CT molecular complexity index is 445. The van der Waals surface area contributed by atoms with Crippen molar-refractivity contribution < 1.29 is 4.39 Å². The van der Waals surface area contributed by atoms with Crippen LogP contribution in [0.3, 0.4) is 0 Å². The minimum atomic E-state index is -0.0687. The van der Waals surface area contributed by atoms with E-state index in [1.165, 1.54) is 18.4 Å². The lowest BCUT2D eigenvalue weighted by Gasteiger charge is -2.31. The first-order valence-electron chi connectivity index (χ1n) is 8.25. The van der Waals surface area contributed by atoms with Gasteiger partial charge in [-0.05, 0) is 49.4 Å². The molecule has 0 saturated carbocycles. The van der Waals surface area contributed by atoms with Crippen LogP contribution in [0.4, 0.5) is 4.39 Å². The largest absolute Gasteiger partial charge is 0.312 e. The van der Waals surface area contributed by atoms with E-state index in [9.17, 15) is 4.39 Å². The summed E-state index contributed by atoms with van der Waals surface area (Å²) in [6.07, 6.45) is 2.54. The van der Waals surface area contributed by atoms with Gasteiger partial charge in [-0.1, -0.05) is 32.9 Å². The van der Waals surface area contributed by atoms with Crippen molar-refractivity contribution in [2.75, 3.05) is 19.6 Å². The Kier molecular flexibility index (Phi) is 6.19. The highest BCUT2D eigenvalue weighted by atomic mass is 19.1. The van der Waals surface area contributed by atoms with Gasteiger partial charge >= 0.3 is 0 Å². The molecule has 1 atom stereocenters. The first kappa shape index (κ1) is 16.4. The van der Waals surface area contributed by atoms with E-state index < -0.39 is 0 Å². The van der Waals surface area contributed by atoms with E-state index in [-0.39, 0.29) is 5.82 Å². The van der Waals surface area contributed by atoms with Crippen LogP contribution in [-0.2, 0) is 13.1 Å². The van der Waals surface area contributed by atoms with Crippen LogP contribution in [0.5, 0.6) is 0 Å². The summed E-state index contributed by atoms with van der Waals surface area (Å²) < 4.78 is 14.0. The summed E-state index contributed by atoms with van der Waals surface area (Å²) in [6, 6.07) is 5.54. The lowest BCUT2D eigenvalue weighted by molar-refractivity contribution is 0.175. The first-order chi connectivity index (χ1) is 10.0. The molecule has 1 aromatic carbocycles. The molecule has 1 saturated heterocycles. The number of piperidine rings is 1. The first-order valence-corrected chi connectivity index (χ1v) is 8.25. The zero-order valence-corrected chi connectivity index (χ0v) is 13.7. The molecule has 0 spiro atoms. The number of hydrogen-bond acceptors (Lipinski definition) is 2. The molecule has 1 aliphatic rings. The van der Waals surface area contributed by atoms with Crippen LogP contribution in [0.15, 0.2) is 18.2 Å². The van der Waals surface area contributed by atoms with Crippen molar-refractivity contribution in [3.05, 3.63) is 35.1 Å². The Labute approximate surface area is 128 Å². The zero-order chi connectivity index (χ0) is 15.2. The van der Waals surface area contributed by atoms with Crippen molar-refractivity contribution in [2.45, 2.75) is 46.7 Å². The summed E-state index contributed by atoms with van der Waals surface area (Å²) >= 11 is 0. The van der Waals surface area contributed by atoms with Gasteiger partial charge in [-0.2, -0.15) is 0 Å². The molecule has 1 aliphatic heterocycles. The van der Waals surface area contributed by atoms with Gasteiger partial charge in [0.2, 0.25) is 0 Å². The van der Waals surface area contributed by atoms with E-state index >= 15 is 0 Å². The van der Waals surface area contributed by atoms with Gasteiger partial charge in [0.1, 0.15) is 5.82 Å². The minimum Gasteiger partial charge on any atom is -0.312 e. The number of likely N-dealkylation sites (tertiary alicyclic amines) is 1. The Balaban J connectivity index is 1.94. The Morgan fingerprint density at radius 1 is 1.38 bits per heavy atom. The van der Waals surface area contributed by atoms with E-state index in [2.05, 4.69) is 31.0 Å². The van der Waals surface area contributed by atoms with Crippen LogP contribution in [-0.4, -0.2) is 24.5 Å². The van der Waals surface area contributed by atoms with E-state index in [4.69, 9.17) is 0 Å². The van der Waals surface area contributed by atoms with E-state index in [0.717, 1.165) is 44.2 Å². The van der Waals surface area contributed by atoms with Gasteiger partial charge in [0, 0.05) is 25.2 Å². The van der Waals surface area contributed by atoms with Crippen molar-refractivity contribution in [1.82, 2.24) is 10.2 Å². The lowest BCUT2D eigenvalue weighted by atomic mass is 9.99. The molecule has 3 heteroatoms. The molecule has 21 heavy (non-hydrogen) atoms. The fraction of sp³-hybridized carbons (Fsp3) is 0.667. The van der Waals surface area contributed by atoms with Gasteiger partial charge in [-0.3, -0.25) is 4.90 Å². The molecule has 0 aliphatic carbocycles. The molecule has 0 aromatic heterocycles. The third kappa shape index (κ3) is 5.40. The number of hydrogen-bond donors (Lipinski definition) is 1. The maximum Gasteiger partial charge on any atom is 0.127 e. The van der Waals surface area contributed by atoms with Gasteiger partial charge in [-0.25, -0.2) is 4.39 Å². The Morgan fingerprint density at radius 2 is 2.19 bits per heavy atom. The summed E-state index contributed by atoms with van der Waals surface area (Å²) in [5.41, 5.74) is 2.02. The SMILES string of the molecule is CC(C)CNCc1ccc(F)c(CN2CCCC(C)C2)c1. The van der Waals surface area contributed by atoms with Crippen molar-refractivity contribution in [1.29, 1.82) is 0 Å². The van der Waals surface area contributed by atoms with Gasteiger partial charge < -0.3 is 5.32 Å². The normalized spacial score (nSPS) is 20.1. The smallest absolute Gasteiger partial charge is 0.127 e. The molecular formula is C18H29FN2. The maximum absolute atomic E-state index is 14.0. The molecule has 1 N–H and O–H groups in total. The summed E-state index contributed by atoms with van der Waals surface area (Å²) in [5, 5.41) is 3.42. The second-order valence-corrected chi connectivity index (χ2v) is 6.93. The number of nitrogens with zero attached hydrogens (tertiary/aromatic N) is 1. The summed E-state index contributed by atoms with van der Waals surface area (Å²) in [5.74, 6) is 1.30. The molecule has 2 nitrogen and oxygen atoms in total. The molecule has 0 bridgehead atoms. The second-order valence-electron chi connectivity index (χ2n) is 6.93. The number of rotatable bonds is 6. The predicted molar refractivity (Wildman–Crippen MR) is 86.6 cm³/mol. The van der Waals surface area contributed by atoms with Gasteiger partial charge in [0.15, 0.2) is 0 Å². The van der Waals surface area contributed by atoms with Crippen LogP contribution >= 0.6 is 0 Å².